The van der Waals surface area contributed by atoms with E-state index in [0.29, 0.717) is 36.5 Å². The average Bonchev–Trinajstić information content (AvgIpc) is 2.50. The van der Waals surface area contributed by atoms with Gasteiger partial charge in [0.1, 0.15) is 0 Å². The highest BCUT2D eigenvalue weighted by Crippen LogP contribution is 2.25. The molecule has 1 aromatic carbocycles. The van der Waals surface area contributed by atoms with E-state index in [2.05, 4.69) is 5.32 Å². The number of amides is 1. The lowest BCUT2D eigenvalue weighted by molar-refractivity contribution is -0.120. The third-order valence-corrected chi connectivity index (χ3v) is 6.35. The first-order chi connectivity index (χ1) is 10.8. The van der Waals surface area contributed by atoms with E-state index in [1.165, 1.54) is 4.31 Å². The van der Waals surface area contributed by atoms with E-state index in [9.17, 15) is 13.2 Å². The maximum atomic E-state index is 12.4. The molecule has 2 rings (SSSR count). The van der Waals surface area contributed by atoms with E-state index >= 15 is 0 Å². The van der Waals surface area contributed by atoms with Gasteiger partial charge in [-0.1, -0.05) is 24.6 Å². The molecule has 1 N–H and O–H groups in total. The first-order valence-electron chi connectivity index (χ1n) is 7.88. The molecule has 1 atom stereocenters. The Labute approximate surface area is 143 Å². The molecule has 0 unspecified atom stereocenters. The normalized spacial score (nSPS) is 19.5. The number of piperidine rings is 1. The van der Waals surface area contributed by atoms with Crippen LogP contribution in [0.15, 0.2) is 18.2 Å². The fraction of sp³-hybridized carbons (Fsp3) is 0.562. The topological polar surface area (TPSA) is 66.5 Å². The standard InChI is InChI=1S/C16H23ClN2O3S/c1-3-9-23(21,22)19-8-4-5-13(11-19)16(20)18-15-7-6-12(2)10-14(15)17/h6-7,10,13H,3-5,8-9,11H2,1-2H3,(H,18,20)/t13-/m1/s1. The zero-order valence-electron chi connectivity index (χ0n) is 13.5. The fourth-order valence-corrected chi connectivity index (χ4v) is 4.62. The third kappa shape index (κ3) is 4.68. The lowest BCUT2D eigenvalue weighted by Gasteiger charge is -2.31. The number of nitrogens with zero attached hydrogens (tertiary/aromatic N) is 1. The molecular formula is C16H23ClN2O3S. The minimum Gasteiger partial charge on any atom is -0.324 e. The lowest BCUT2D eigenvalue weighted by atomic mass is 9.98. The zero-order valence-corrected chi connectivity index (χ0v) is 15.1. The van der Waals surface area contributed by atoms with Crippen LogP contribution in [0.2, 0.25) is 5.02 Å². The van der Waals surface area contributed by atoms with Crippen LogP contribution < -0.4 is 5.32 Å². The number of carbonyl (C=O) groups excluding carboxylic acids is 1. The second-order valence-electron chi connectivity index (χ2n) is 5.99. The average molecular weight is 359 g/mol. The van der Waals surface area contributed by atoms with E-state index < -0.39 is 10.0 Å². The molecule has 1 aliphatic rings. The van der Waals surface area contributed by atoms with Gasteiger partial charge in [0, 0.05) is 13.1 Å². The second-order valence-corrected chi connectivity index (χ2v) is 8.48. The molecular weight excluding hydrogens is 336 g/mol. The smallest absolute Gasteiger partial charge is 0.228 e. The number of sulfonamides is 1. The third-order valence-electron chi connectivity index (χ3n) is 3.99. The van der Waals surface area contributed by atoms with Crippen molar-refractivity contribution in [3.63, 3.8) is 0 Å². The van der Waals surface area contributed by atoms with Gasteiger partial charge in [0.25, 0.3) is 0 Å². The Morgan fingerprint density at radius 2 is 2.17 bits per heavy atom. The molecule has 0 spiro atoms. The Morgan fingerprint density at radius 3 is 2.83 bits per heavy atom. The predicted octanol–water partition coefficient (Wildman–Crippen LogP) is 3.04. The molecule has 1 aliphatic heterocycles. The quantitative estimate of drug-likeness (QED) is 0.879. The van der Waals surface area contributed by atoms with Crippen LogP contribution in [0, 0.1) is 12.8 Å². The Balaban J connectivity index is 2.05. The first kappa shape index (κ1) is 18.2. The summed E-state index contributed by atoms with van der Waals surface area (Å²) in [5.41, 5.74) is 1.58. The van der Waals surface area contributed by atoms with Gasteiger partial charge in [0.05, 0.1) is 22.4 Å². The van der Waals surface area contributed by atoms with Crippen molar-refractivity contribution in [2.24, 2.45) is 5.92 Å². The van der Waals surface area contributed by atoms with Crippen molar-refractivity contribution in [2.45, 2.75) is 33.1 Å². The summed E-state index contributed by atoms with van der Waals surface area (Å²) < 4.78 is 25.8. The van der Waals surface area contributed by atoms with Gasteiger partial charge in [-0.15, -0.1) is 0 Å². The van der Waals surface area contributed by atoms with E-state index in [1.807, 2.05) is 19.9 Å². The lowest BCUT2D eigenvalue weighted by Crippen LogP contribution is -2.44. The number of hydrogen-bond acceptors (Lipinski definition) is 3. The first-order valence-corrected chi connectivity index (χ1v) is 9.87. The molecule has 5 nitrogen and oxygen atoms in total. The van der Waals surface area contributed by atoms with Gasteiger partial charge in [-0.25, -0.2) is 12.7 Å². The van der Waals surface area contributed by atoms with Gasteiger partial charge in [-0.2, -0.15) is 0 Å². The molecule has 1 heterocycles. The number of aryl methyl sites for hydroxylation is 1. The van der Waals surface area contributed by atoms with Crippen molar-refractivity contribution >= 4 is 33.2 Å². The molecule has 0 bridgehead atoms. The maximum Gasteiger partial charge on any atom is 0.228 e. The molecule has 1 amide bonds. The highest BCUT2D eigenvalue weighted by molar-refractivity contribution is 7.89. The molecule has 7 heteroatoms. The number of rotatable bonds is 5. The summed E-state index contributed by atoms with van der Waals surface area (Å²) in [6.07, 6.45) is 1.96. The van der Waals surface area contributed by atoms with Gasteiger partial charge in [-0.3, -0.25) is 4.79 Å². The molecule has 1 saturated heterocycles. The van der Waals surface area contributed by atoms with Gasteiger partial charge in [-0.05, 0) is 43.9 Å². The van der Waals surface area contributed by atoms with Gasteiger partial charge in [0.2, 0.25) is 15.9 Å². The summed E-state index contributed by atoms with van der Waals surface area (Å²) in [6, 6.07) is 5.43. The summed E-state index contributed by atoms with van der Waals surface area (Å²) >= 11 is 6.13. The van der Waals surface area contributed by atoms with Gasteiger partial charge < -0.3 is 5.32 Å². The summed E-state index contributed by atoms with van der Waals surface area (Å²) in [5.74, 6) is -0.384. The van der Waals surface area contributed by atoms with Crippen LogP contribution in [0.25, 0.3) is 0 Å². The van der Waals surface area contributed by atoms with Crippen molar-refractivity contribution in [3.05, 3.63) is 28.8 Å². The molecule has 0 aliphatic carbocycles. The number of nitrogens with one attached hydrogen (secondary N) is 1. The Bertz CT molecular complexity index is 676. The van der Waals surface area contributed by atoms with Crippen molar-refractivity contribution in [2.75, 3.05) is 24.2 Å². The predicted molar refractivity (Wildman–Crippen MR) is 93.2 cm³/mol. The van der Waals surface area contributed by atoms with Crippen LogP contribution in [-0.4, -0.2) is 37.5 Å². The Hall–Kier alpha value is -1.11. The minimum absolute atomic E-state index is 0.130. The number of carbonyl (C=O) groups is 1. The molecule has 23 heavy (non-hydrogen) atoms. The number of benzene rings is 1. The largest absolute Gasteiger partial charge is 0.324 e. The summed E-state index contributed by atoms with van der Waals surface area (Å²) in [6.45, 7) is 4.51. The van der Waals surface area contributed by atoms with E-state index in [0.717, 1.165) is 5.56 Å². The SMILES string of the molecule is CCCS(=O)(=O)N1CCC[C@@H](C(=O)Nc2ccc(C)cc2Cl)C1. The number of hydrogen-bond donors (Lipinski definition) is 1. The van der Waals surface area contributed by atoms with Crippen LogP contribution >= 0.6 is 11.6 Å². The minimum atomic E-state index is -3.26. The molecule has 1 aromatic rings. The Morgan fingerprint density at radius 1 is 1.43 bits per heavy atom. The van der Waals surface area contributed by atoms with Crippen LogP contribution in [-0.2, 0) is 14.8 Å². The van der Waals surface area contributed by atoms with Crippen molar-refractivity contribution in [3.8, 4) is 0 Å². The van der Waals surface area contributed by atoms with Crippen LogP contribution in [0.5, 0.6) is 0 Å². The number of anilines is 1. The zero-order chi connectivity index (χ0) is 17.0. The van der Waals surface area contributed by atoms with Crippen molar-refractivity contribution in [1.29, 1.82) is 0 Å². The van der Waals surface area contributed by atoms with Crippen molar-refractivity contribution in [1.82, 2.24) is 4.31 Å². The highest BCUT2D eigenvalue weighted by atomic mass is 35.5. The highest BCUT2D eigenvalue weighted by Gasteiger charge is 2.31. The summed E-state index contributed by atoms with van der Waals surface area (Å²) in [7, 11) is -3.26. The van der Waals surface area contributed by atoms with E-state index in [1.54, 1.807) is 12.1 Å². The van der Waals surface area contributed by atoms with Gasteiger partial charge in [0.15, 0.2) is 0 Å². The van der Waals surface area contributed by atoms with Crippen LogP contribution in [0.4, 0.5) is 5.69 Å². The molecule has 0 radical (unpaired) electrons. The molecule has 128 valence electrons. The monoisotopic (exact) mass is 358 g/mol. The fourth-order valence-electron chi connectivity index (χ4n) is 2.75. The van der Waals surface area contributed by atoms with Crippen LogP contribution in [0.1, 0.15) is 31.7 Å². The van der Waals surface area contributed by atoms with Crippen LogP contribution in [0.3, 0.4) is 0 Å². The van der Waals surface area contributed by atoms with E-state index in [4.69, 9.17) is 11.6 Å². The maximum absolute atomic E-state index is 12.4. The molecule has 0 aromatic heterocycles. The van der Waals surface area contributed by atoms with E-state index in [-0.39, 0.29) is 24.1 Å². The van der Waals surface area contributed by atoms with Crippen molar-refractivity contribution < 1.29 is 13.2 Å². The Kier molecular flexibility index (Phi) is 6.06. The molecule has 1 fully saturated rings. The summed E-state index contributed by atoms with van der Waals surface area (Å²) in [4.78, 5) is 12.4. The number of halogens is 1. The second kappa shape index (κ2) is 7.64. The summed E-state index contributed by atoms with van der Waals surface area (Å²) in [5, 5.41) is 3.31. The molecule has 0 saturated carbocycles. The van der Waals surface area contributed by atoms with Gasteiger partial charge >= 0.3 is 0 Å².